The molecule has 0 saturated heterocycles. The Morgan fingerprint density at radius 3 is 2.48 bits per heavy atom. The van der Waals surface area contributed by atoms with Crippen molar-refractivity contribution in [3.8, 4) is 10.7 Å². The van der Waals surface area contributed by atoms with Crippen LogP contribution in [0.5, 0.6) is 0 Å². The summed E-state index contributed by atoms with van der Waals surface area (Å²) < 4.78 is 1.05. The van der Waals surface area contributed by atoms with Gasteiger partial charge in [0.25, 0.3) is 0 Å². The van der Waals surface area contributed by atoms with E-state index in [9.17, 15) is 0 Å². The van der Waals surface area contributed by atoms with Gasteiger partial charge in [0.1, 0.15) is 5.82 Å². The van der Waals surface area contributed by atoms with E-state index in [0.717, 1.165) is 37.6 Å². The zero-order valence-corrected chi connectivity index (χ0v) is 14.4. The number of nitrogens with zero attached hydrogens (tertiary/aromatic N) is 2. The Hall–Kier alpha value is -2.24. The van der Waals surface area contributed by atoms with E-state index in [1.54, 1.807) is 11.3 Å². The van der Waals surface area contributed by atoms with Crippen LogP contribution in [-0.4, -0.2) is 9.97 Å². The second kappa shape index (κ2) is 6.10. The summed E-state index contributed by atoms with van der Waals surface area (Å²) in [6, 6.07) is 20.2. The summed E-state index contributed by atoms with van der Waals surface area (Å²) in [5.74, 6) is 1.57. The lowest BCUT2D eigenvalue weighted by molar-refractivity contribution is 1.23. The number of para-hydroxylation sites is 1. The number of hydrogen-bond acceptors (Lipinski definition) is 4. The van der Waals surface area contributed by atoms with E-state index in [1.807, 2.05) is 66.0 Å². The molecule has 0 aliphatic heterocycles. The number of benzene rings is 2. The summed E-state index contributed by atoms with van der Waals surface area (Å²) in [5.41, 5.74) is 1.93. The molecule has 4 rings (SSSR count). The molecular weight excluding hydrogens is 370 g/mol. The topological polar surface area (TPSA) is 37.8 Å². The minimum Gasteiger partial charge on any atom is -0.340 e. The molecule has 2 aromatic carbocycles. The molecule has 0 unspecified atom stereocenters. The number of hydrogen-bond donors (Lipinski definition) is 1. The number of aromatic nitrogens is 2. The van der Waals surface area contributed by atoms with Crippen molar-refractivity contribution in [2.45, 2.75) is 0 Å². The third-order valence-electron chi connectivity index (χ3n) is 3.45. The van der Waals surface area contributed by atoms with Gasteiger partial charge in [-0.05, 0) is 47.8 Å². The van der Waals surface area contributed by atoms with Crippen molar-refractivity contribution in [1.82, 2.24) is 9.97 Å². The highest BCUT2D eigenvalue weighted by Crippen LogP contribution is 2.29. The maximum absolute atomic E-state index is 4.74. The molecule has 0 saturated carbocycles. The van der Waals surface area contributed by atoms with Gasteiger partial charge in [0.05, 0.1) is 10.4 Å². The average molecular weight is 382 g/mol. The van der Waals surface area contributed by atoms with Crippen LogP contribution in [0.3, 0.4) is 0 Å². The Labute approximate surface area is 146 Å². The summed E-state index contributed by atoms with van der Waals surface area (Å²) in [6.07, 6.45) is 0. The summed E-state index contributed by atoms with van der Waals surface area (Å²) in [7, 11) is 0. The normalized spacial score (nSPS) is 10.8. The van der Waals surface area contributed by atoms with E-state index in [0.29, 0.717) is 0 Å². The molecule has 0 amide bonds. The lowest BCUT2D eigenvalue weighted by Crippen LogP contribution is -1.98. The summed E-state index contributed by atoms with van der Waals surface area (Å²) in [6.45, 7) is 0. The monoisotopic (exact) mass is 381 g/mol. The van der Waals surface area contributed by atoms with E-state index < -0.39 is 0 Å². The second-order valence-electron chi connectivity index (χ2n) is 5.02. The van der Waals surface area contributed by atoms with Crippen LogP contribution in [0.25, 0.3) is 21.6 Å². The van der Waals surface area contributed by atoms with E-state index in [4.69, 9.17) is 4.98 Å². The Bertz CT molecular complexity index is 950. The number of rotatable bonds is 3. The number of halogens is 1. The highest BCUT2D eigenvalue weighted by atomic mass is 79.9. The van der Waals surface area contributed by atoms with Crippen molar-refractivity contribution < 1.29 is 0 Å². The van der Waals surface area contributed by atoms with E-state index in [1.165, 1.54) is 0 Å². The lowest BCUT2D eigenvalue weighted by atomic mass is 10.2. The molecule has 112 valence electrons. The number of fused-ring (bicyclic) bond motifs is 1. The highest BCUT2D eigenvalue weighted by molar-refractivity contribution is 9.10. The largest absolute Gasteiger partial charge is 0.340 e. The van der Waals surface area contributed by atoms with Crippen LogP contribution in [0.15, 0.2) is 70.5 Å². The molecule has 0 radical (unpaired) electrons. The van der Waals surface area contributed by atoms with E-state index in [2.05, 4.69) is 26.2 Å². The van der Waals surface area contributed by atoms with Gasteiger partial charge in [0.2, 0.25) is 0 Å². The van der Waals surface area contributed by atoms with Gasteiger partial charge in [-0.3, -0.25) is 0 Å². The summed E-state index contributed by atoms with van der Waals surface area (Å²) in [4.78, 5) is 10.5. The maximum atomic E-state index is 4.74. The van der Waals surface area contributed by atoms with Crippen molar-refractivity contribution >= 4 is 49.7 Å². The maximum Gasteiger partial charge on any atom is 0.172 e. The number of thiophene rings is 1. The smallest absolute Gasteiger partial charge is 0.172 e. The molecule has 0 fully saturated rings. The molecular formula is C18H12BrN3S. The molecule has 3 nitrogen and oxygen atoms in total. The molecule has 0 bridgehead atoms. The van der Waals surface area contributed by atoms with Crippen molar-refractivity contribution in [3.05, 3.63) is 70.5 Å². The molecule has 0 atom stereocenters. The Morgan fingerprint density at radius 2 is 1.70 bits per heavy atom. The molecule has 1 N–H and O–H groups in total. The third kappa shape index (κ3) is 2.98. The molecule has 23 heavy (non-hydrogen) atoms. The molecule has 2 heterocycles. The Morgan fingerprint density at radius 1 is 0.870 bits per heavy atom. The predicted octanol–water partition coefficient (Wildman–Crippen LogP) is 5.86. The summed E-state index contributed by atoms with van der Waals surface area (Å²) in [5, 5.41) is 6.46. The minimum atomic E-state index is 0.748. The van der Waals surface area contributed by atoms with Gasteiger partial charge in [0.15, 0.2) is 5.82 Å². The first-order valence-corrected chi connectivity index (χ1v) is 8.80. The molecule has 0 aliphatic rings. The van der Waals surface area contributed by atoms with Crippen LogP contribution < -0.4 is 5.32 Å². The van der Waals surface area contributed by atoms with E-state index >= 15 is 0 Å². The van der Waals surface area contributed by atoms with Gasteiger partial charge in [0, 0.05) is 15.5 Å². The number of anilines is 2. The molecule has 2 aromatic heterocycles. The minimum absolute atomic E-state index is 0.748. The fourth-order valence-corrected chi connectivity index (χ4v) is 3.28. The quantitative estimate of drug-likeness (QED) is 0.482. The lowest BCUT2D eigenvalue weighted by Gasteiger charge is -2.10. The van der Waals surface area contributed by atoms with Gasteiger partial charge in [-0.2, -0.15) is 0 Å². The fourth-order valence-electron chi connectivity index (χ4n) is 2.36. The van der Waals surface area contributed by atoms with Crippen molar-refractivity contribution in [2.75, 3.05) is 5.32 Å². The van der Waals surface area contributed by atoms with Gasteiger partial charge < -0.3 is 5.32 Å². The van der Waals surface area contributed by atoms with Gasteiger partial charge in [-0.15, -0.1) is 11.3 Å². The first-order valence-electron chi connectivity index (χ1n) is 7.13. The summed E-state index contributed by atoms with van der Waals surface area (Å²) >= 11 is 5.10. The molecule has 5 heteroatoms. The first-order chi connectivity index (χ1) is 11.3. The van der Waals surface area contributed by atoms with Gasteiger partial charge in [-0.1, -0.05) is 34.1 Å². The van der Waals surface area contributed by atoms with E-state index in [-0.39, 0.29) is 0 Å². The van der Waals surface area contributed by atoms with Crippen LogP contribution in [0.2, 0.25) is 0 Å². The van der Waals surface area contributed by atoms with Crippen LogP contribution >= 0.6 is 27.3 Å². The molecule has 0 spiro atoms. The third-order valence-corrected chi connectivity index (χ3v) is 4.85. The average Bonchev–Trinajstić information content (AvgIpc) is 3.11. The predicted molar refractivity (Wildman–Crippen MR) is 100 cm³/mol. The Balaban J connectivity index is 1.84. The number of nitrogens with one attached hydrogen (secondary N) is 1. The van der Waals surface area contributed by atoms with Crippen molar-refractivity contribution in [1.29, 1.82) is 0 Å². The highest BCUT2D eigenvalue weighted by Gasteiger charge is 2.10. The van der Waals surface area contributed by atoms with Gasteiger partial charge in [-0.25, -0.2) is 9.97 Å². The zero-order chi connectivity index (χ0) is 15.6. The fraction of sp³-hybridized carbons (Fsp3) is 0. The Kier molecular flexibility index (Phi) is 3.81. The molecule has 4 aromatic rings. The standard InChI is InChI=1S/C18H12BrN3S/c19-12-7-9-13(10-8-12)20-17-14-4-1-2-5-15(14)21-18(22-17)16-6-3-11-23-16/h1-11H,(H,20,21,22). The van der Waals surface area contributed by atoms with Gasteiger partial charge >= 0.3 is 0 Å². The van der Waals surface area contributed by atoms with Crippen LogP contribution in [-0.2, 0) is 0 Å². The van der Waals surface area contributed by atoms with Crippen LogP contribution in [0, 0.1) is 0 Å². The SMILES string of the molecule is Brc1ccc(Nc2nc(-c3cccs3)nc3ccccc23)cc1. The second-order valence-corrected chi connectivity index (χ2v) is 6.89. The van der Waals surface area contributed by atoms with Crippen molar-refractivity contribution in [3.63, 3.8) is 0 Å². The first kappa shape index (κ1) is 14.4. The van der Waals surface area contributed by atoms with Crippen molar-refractivity contribution in [2.24, 2.45) is 0 Å². The zero-order valence-electron chi connectivity index (χ0n) is 12.0. The molecule has 0 aliphatic carbocycles. The van der Waals surface area contributed by atoms with Crippen LogP contribution in [0.1, 0.15) is 0 Å². The van der Waals surface area contributed by atoms with Crippen LogP contribution in [0.4, 0.5) is 11.5 Å².